The van der Waals surface area contributed by atoms with Crippen LogP contribution in [0.4, 0.5) is 5.13 Å². The second-order valence-electron chi connectivity index (χ2n) is 5.21. The molecule has 1 aliphatic heterocycles. The summed E-state index contributed by atoms with van der Waals surface area (Å²) in [5.74, 6) is 0.443. The normalized spacial score (nSPS) is 18.6. The summed E-state index contributed by atoms with van der Waals surface area (Å²) in [6.07, 6.45) is 4.59. The summed E-state index contributed by atoms with van der Waals surface area (Å²) in [7, 11) is 0. The van der Waals surface area contributed by atoms with Crippen LogP contribution in [0.15, 0.2) is 4.34 Å². The second kappa shape index (κ2) is 7.74. The van der Waals surface area contributed by atoms with Crippen molar-refractivity contribution in [1.82, 2.24) is 15.1 Å². The van der Waals surface area contributed by atoms with Crippen molar-refractivity contribution in [2.75, 3.05) is 24.7 Å². The van der Waals surface area contributed by atoms with Gasteiger partial charge in [-0.2, -0.15) is 0 Å². The van der Waals surface area contributed by atoms with Gasteiger partial charge in [0.2, 0.25) is 16.9 Å². The molecular weight excluding hydrogens is 308 g/mol. The molecule has 1 atom stereocenters. The maximum absolute atomic E-state index is 12.1. The Morgan fingerprint density at radius 1 is 1.43 bits per heavy atom. The first-order valence-electron chi connectivity index (χ1n) is 7.03. The summed E-state index contributed by atoms with van der Waals surface area (Å²) in [5, 5.41) is 11.0. The van der Waals surface area contributed by atoms with Crippen molar-refractivity contribution in [2.45, 2.75) is 36.9 Å². The number of rotatable bonds is 5. The van der Waals surface area contributed by atoms with Gasteiger partial charge in [-0.25, -0.2) is 0 Å². The van der Waals surface area contributed by atoms with Crippen LogP contribution in [0.25, 0.3) is 0 Å². The molecule has 6 nitrogen and oxygen atoms in total. The SMILES string of the molecule is CSc1nnc(NC(=O)CCC(=O)N2CCCC(C)C2)s1. The van der Waals surface area contributed by atoms with E-state index in [1.54, 1.807) is 0 Å². The maximum atomic E-state index is 12.1. The minimum atomic E-state index is -0.183. The van der Waals surface area contributed by atoms with Crippen LogP contribution in [0.2, 0.25) is 0 Å². The Hall–Kier alpha value is -1.15. The van der Waals surface area contributed by atoms with Gasteiger partial charge in [-0.3, -0.25) is 9.59 Å². The van der Waals surface area contributed by atoms with Crippen LogP contribution in [0, 0.1) is 5.92 Å². The first kappa shape index (κ1) is 16.2. The molecular formula is C13H20N4O2S2. The van der Waals surface area contributed by atoms with Gasteiger partial charge < -0.3 is 10.2 Å². The Morgan fingerprint density at radius 3 is 2.90 bits per heavy atom. The molecule has 0 saturated carbocycles. The van der Waals surface area contributed by atoms with E-state index in [0.29, 0.717) is 11.0 Å². The summed E-state index contributed by atoms with van der Waals surface area (Å²) >= 11 is 2.82. The minimum absolute atomic E-state index is 0.0683. The molecule has 2 amide bonds. The molecule has 1 N–H and O–H groups in total. The molecule has 0 radical (unpaired) electrons. The quantitative estimate of drug-likeness (QED) is 0.663. The van der Waals surface area contributed by atoms with Crippen molar-refractivity contribution in [3.63, 3.8) is 0 Å². The number of amides is 2. The monoisotopic (exact) mass is 328 g/mol. The highest BCUT2D eigenvalue weighted by atomic mass is 32.2. The van der Waals surface area contributed by atoms with Gasteiger partial charge in [0.25, 0.3) is 0 Å². The number of aromatic nitrogens is 2. The van der Waals surface area contributed by atoms with Gasteiger partial charge in [0.05, 0.1) is 0 Å². The third-order valence-electron chi connectivity index (χ3n) is 3.40. The highest BCUT2D eigenvalue weighted by Gasteiger charge is 2.21. The highest BCUT2D eigenvalue weighted by molar-refractivity contribution is 8.00. The minimum Gasteiger partial charge on any atom is -0.342 e. The fourth-order valence-corrected chi connectivity index (χ4v) is 3.51. The molecule has 116 valence electrons. The molecule has 1 fully saturated rings. The molecule has 0 aromatic carbocycles. The molecule has 2 rings (SSSR count). The number of thioether (sulfide) groups is 1. The van der Waals surface area contributed by atoms with Gasteiger partial charge in [-0.05, 0) is 25.0 Å². The lowest BCUT2D eigenvalue weighted by atomic mass is 10.00. The number of carbonyl (C=O) groups is 2. The lowest BCUT2D eigenvalue weighted by Gasteiger charge is -2.30. The van der Waals surface area contributed by atoms with E-state index in [1.165, 1.54) is 29.5 Å². The number of likely N-dealkylation sites (tertiary alicyclic amines) is 1. The maximum Gasteiger partial charge on any atom is 0.226 e. The topological polar surface area (TPSA) is 75.2 Å². The zero-order valence-corrected chi connectivity index (χ0v) is 13.9. The first-order valence-corrected chi connectivity index (χ1v) is 9.07. The van der Waals surface area contributed by atoms with E-state index < -0.39 is 0 Å². The summed E-state index contributed by atoms with van der Waals surface area (Å²) in [6.45, 7) is 3.79. The summed E-state index contributed by atoms with van der Waals surface area (Å²) in [4.78, 5) is 25.8. The molecule has 21 heavy (non-hydrogen) atoms. The third-order valence-corrected chi connectivity index (χ3v) is 5.22. The number of nitrogens with one attached hydrogen (secondary N) is 1. The van der Waals surface area contributed by atoms with Crippen LogP contribution in [0.5, 0.6) is 0 Å². The molecule has 8 heteroatoms. The fourth-order valence-electron chi connectivity index (χ4n) is 2.32. The van der Waals surface area contributed by atoms with Crippen LogP contribution < -0.4 is 5.32 Å². The number of nitrogens with zero attached hydrogens (tertiary/aromatic N) is 3. The Morgan fingerprint density at radius 2 is 2.24 bits per heavy atom. The van der Waals surface area contributed by atoms with E-state index in [-0.39, 0.29) is 24.7 Å². The van der Waals surface area contributed by atoms with Crippen molar-refractivity contribution in [3.05, 3.63) is 0 Å². The molecule has 1 aromatic heterocycles. The molecule has 1 aliphatic rings. The van der Waals surface area contributed by atoms with E-state index >= 15 is 0 Å². The summed E-state index contributed by atoms with van der Waals surface area (Å²) < 4.78 is 0.809. The molecule has 1 unspecified atom stereocenters. The molecule has 1 saturated heterocycles. The van der Waals surface area contributed by atoms with Crippen molar-refractivity contribution < 1.29 is 9.59 Å². The Bertz CT molecular complexity index is 506. The van der Waals surface area contributed by atoms with E-state index in [0.717, 1.165) is 23.8 Å². The van der Waals surface area contributed by atoms with Crippen LogP contribution in [0.1, 0.15) is 32.6 Å². The van der Waals surface area contributed by atoms with Crippen LogP contribution >= 0.6 is 23.1 Å². The second-order valence-corrected chi connectivity index (χ2v) is 7.24. The summed E-state index contributed by atoms with van der Waals surface area (Å²) in [5.41, 5.74) is 0. The van der Waals surface area contributed by atoms with Gasteiger partial charge in [0, 0.05) is 25.9 Å². The molecule has 0 aliphatic carbocycles. The first-order chi connectivity index (χ1) is 10.1. The molecule has 1 aromatic rings. The molecule has 2 heterocycles. The predicted octanol–water partition coefficient (Wildman–Crippen LogP) is 2.24. The van der Waals surface area contributed by atoms with Crippen molar-refractivity contribution in [2.24, 2.45) is 5.92 Å². The van der Waals surface area contributed by atoms with Crippen molar-refractivity contribution in [3.8, 4) is 0 Å². The van der Waals surface area contributed by atoms with Gasteiger partial charge in [-0.1, -0.05) is 30.0 Å². The van der Waals surface area contributed by atoms with Crippen LogP contribution in [0.3, 0.4) is 0 Å². The standard InChI is InChI=1S/C13H20N4O2S2/c1-9-4-3-7-17(8-9)11(19)6-5-10(18)14-12-15-16-13(20-2)21-12/h9H,3-8H2,1-2H3,(H,14,15,18). The lowest BCUT2D eigenvalue weighted by Crippen LogP contribution is -2.39. The van der Waals surface area contributed by atoms with Gasteiger partial charge in [-0.15, -0.1) is 10.2 Å². The van der Waals surface area contributed by atoms with E-state index in [2.05, 4.69) is 22.4 Å². The van der Waals surface area contributed by atoms with Gasteiger partial charge in [0.15, 0.2) is 4.34 Å². The summed E-state index contributed by atoms with van der Waals surface area (Å²) in [6, 6.07) is 0. The number of piperidine rings is 1. The van der Waals surface area contributed by atoms with E-state index in [1.807, 2.05) is 11.2 Å². The Balaban J connectivity index is 1.74. The van der Waals surface area contributed by atoms with E-state index in [4.69, 9.17) is 0 Å². The average molecular weight is 328 g/mol. The number of hydrogen-bond acceptors (Lipinski definition) is 6. The smallest absolute Gasteiger partial charge is 0.226 e. The molecule has 0 spiro atoms. The lowest BCUT2D eigenvalue weighted by molar-refractivity contribution is -0.134. The zero-order valence-electron chi connectivity index (χ0n) is 12.3. The number of hydrogen-bond donors (Lipinski definition) is 1. The van der Waals surface area contributed by atoms with E-state index in [9.17, 15) is 9.59 Å². The van der Waals surface area contributed by atoms with Gasteiger partial charge in [0.1, 0.15) is 0 Å². The predicted molar refractivity (Wildman–Crippen MR) is 84.5 cm³/mol. The average Bonchev–Trinajstić information content (AvgIpc) is 2.92. The number of carbonyl (C=O) groups excluding carboxylic acids is 2. The fraction of sp³-hybridized carbons (Fsp3) is 0.692. The highest BCUT2D eigenvalue weighted by Crippen LogP contribution is 2.23. The zero-order chi connectivity index (χ0) is 15.2. The van der Waals surface area contributed by atoms with Crippen LogP contribution in [-0.2, 0) is 9.59 Å². The Kier molecular flexibility index (Phi) is 5.98. The Labute approximate surface area is 132 Å². The largest absolute Gasteiger partial charge is 0.342 e. The van der Waals surface area contributed by atoms with Gasteiger partial charge >= 0.3 is 0 Å². The number of anilines is 1. The third kappa shape index (κ3) is 4.96. The van der Waals surface area contributed by atoms with Crippen molar-refractivity contribution >= 4 is 40.0 Å². The van der Waals surface area contributed by atoms with Crippen molar-refractivity contribution in [1.29, 1.82) is 0 Å². The van der Waals surface area contributed by atoms with Crippen LogP contribution in [-0.4, -0.2) is 46.3 Å². The molecule has 0 bridgehead atoms.